The van der Waals surface area contributed by atoms with Gasteiger partial charge in [0.25, 0.3) is 0 Å². The van der Waals surface area contributed by atoms with Crippen molar-refractivity contribution in [3.05, 3.63) is 0 Å². The molecule has 1 atom stereocenters. The average Bonchev–Trinajstić information content (AvgIpc) is 2.14. The van der Waals surface area contributed by atoms with Crippen LogP contribution in [0.3, 0.4) is 0 Å². The first-order valence-corrected chi connectivity index (χ1v) is 4.33. The van der Waals surface area contributed by atoms with Gasteiger partial charge in [-0.25, -0.2) is 4.79 Å². The van der Waals surface area contributed by atoms with E-state index in [9.17, 15) is 13.6 Å². The van der Waals surface area contributed by atoms with Gasteiger partial charge in [0.2, 0.25) is 0 Å². The summed E-state index contributed by atoms with van der Waals surface area (Å²) in [5.41, 5.74) is 0. The molecule has 4 nitrogen and oxygen atoms in total. The molecule has 0 aromatic carbocycles. The Morgan fingerprint density at radius 3 is 2.64 bits per heavy atom. The molecule has 0 radical (unpaired) electrons. The summed E-state index contributed by atoms with van der Waals surface area (Å²) in [5, 5.41) is 10.9. The summed E-state index contributed by atoms with van der Waals surface area (Å²) in [6, 6.07) is -0.477. The maximum absolute atomic E-state index is 12.9. The molecule has 2 N–H and O–H groups in total. The van der Waals surface area contributed by atoms with Crippen LogP contribution in [0.25, 0.3) is 0 Å². The molecule has 0 aliphatic heterocycles. The summed E-state index contributed by atoms with van der Waals surface area (Å²) < 4.78 is 29.9. The quantitative estimate of drug-likeness (QED) is 0.614. The molecule has 6 heteroatoms. The molecule has 0 spiro atoms. The van der Waals surface area contributed by atoms with E-state index in [-0.39, 0.29) is 13.2 Å². The molecule has 0 aliphatic carbocycles. The fourth-order valence-electron chi connectivity index (χ4n) is 0.676. The minimum atomic E-state index is -3.54. The van der Waals surface area contributed by atoms with E-state index in [1.807, 2.05) is 0 Å². The van der Waals surface area contributed by atoms with Gasteiger partial charge in [-0.15, -0.1) is 0 Å². The van der Waals surface area contributed by atoms with Gasteiger partial charge in [-0.05, 0) is 13.8 Å². The molecular weight excluding hydrogens is 196 g/mol. The number of halogens is 2. The van der Waals surface area contributed by atoms with E-state index in [1.165, 1.54) is 13.8 Å². The molecule has 14 heavy (non-hydrogen) atoms. The number of alkyl halides is 2. The maximum Gasteiger partial charge on any atom is 0.378 e. The van der Waals surface area contributed by atoms with Crippen molar-refractivity contribution < 1.29 is 23.4 Å². The Kier molecular flexibility index (Phi) is 5.56. The predicted molar refractivity (Wildman–Crippen MR) is 46.1 cm³/mol. The highest BCUT2D eigenvalue weighted by atomic mass is 19.3. The SMILES string of the molecule is CCOC(=O)C(F)(F)CNC(C)CO. The number of esters is 1. The second-order valence-electron chi connectivity index (χ2n) is 2.89. The molecule has 0 saturated carbocycles. The summed E-state index contributed by atoms with van der Waals surface area (Å²) in [5.74, 6) is -5.09. The van der Waals surface area contributed by atoms with Gasteiger partial charge in [0.15, 0.2) is 0 Å². The number of aliphatic hydroxyl groups excluding tert-OH is 1. The van der Waals surface area contributed by atoms with Gasteiger partial charge in [-0.1, -0.05) is 0 Å². The molecule has 0 fully saturated rings. The molecule has 1 unspecified atom stereocenters. The number of ether oxygens (including phenoxy) is 1. The van der Waals surface area contributed by atoms with Crippen molar-refractivity contribution in [2.75, 3.05) is 19.8 Å². The Hall–Kier alpha value is -0.750. The van der Waals surface area contributed by atoms with E-state index in [1.54, 1.807) is 0 Å². The van der Waals surface area contributed by atoms with Crippen LogP contribution in [0, 0.1) is 0 Å². The predicted octanol–water partition coefficient (Wildman–Crippen LogP) is 0.155. The van der Waals surface area contributed by atoms with Crippen molar-refractivity contribution in [2.45, 2.75) is 25.8 Å². The highest BCUT2D eigenvalue weighted by molar-refractivity contribution is 5.77. The Morgan fingerprint density at radius 2 is 2.21 bits per heavy atom. The molecule has 0 aromatic heterocycles. The van der Waals surface area contributed by atoms with Crippen LogP contribution in [0.2, 0.25) is 0 Å². The van der Waals surface area contributed by atoms with Crippen LogP contribution in [-0.2, 0) is 9.53 Å². The van der Waals surface area contributed by atoms with Crippen molar-refractivity contribution in [3.63, 3.8) is 0 Å². The minimum absolute atomic E-state index is 0.0794. The summed E-state index contributed by atoms with van der Waals surface area (Å²) in [6.07, 6.45) is 0. The summed E-state index contributed by atoms with van der Waals surface area (Å²) in [7, 11) is 0. The van der Waals surface area contributed by atoms with Crippen LogP contribution in [0.15, 0.2) is 0 Å². The van der Waals surface area contributed by atoms with Gasteiger partial charge in [0.1, 0.15) is 0 Å². The standard InChI is InChI=1S/C8H15F2NO3/c1-3-14-7(13)8(9,10)5-11-6(2)4-12/h6,11-12H,3-5H2,1-2H3. The van der Waals surface area contributed by atoms with Crippen LogP contribution in [0.1, 0.15) is 13.8 Å². The van der Waals surface area contributed by atoms with Gasteiger partial charge in [-0.2, -0.15) is 8.78 Å². The molecule has 0 aromatic rings. The fraction of sp³-hybridized carbons (Fsp3) is 0.875. The van der Waals surface area contributed by atoms with Crippen molar-refractivity contribution in [3.8, 4) is 0 Å². The zero-order chi connectivity index (χ0) is 11.2. The number of carbonyl (C=O) groups is 1. The first-order valence-electron chi connectivity index (χ1n) is 4.33. The molecular formula is C8H15F2NO3. The number of carbonyl (C=O) groups excluding carboxylic acids is 1. The number of hydrogen-bond acceptors (Lipinski definition) is 4. The first-order chi connectivity index (χ1) is 6.44. The van der Waals surface area contributed by atoms with Gasteiger partial charge >= 0.3 is 11.9 Å². The monoisotopic (exact) mass is 211 g/mol. The zero-order valence-electron chi connectivity index (χ0n) is 8.22. The lowest BCUT2D eigenvalue weighted by Gasteiger charge is -2.17. The second kappa shape index (κ2) is 5.87. The van der Waals surface area contributed by atoms with E-state index in [0.717, 1.165) is 0 Å². The highest BCUT2D eigenvalue weighted by Crippen LogP contribution is 2.14. The van der Waals surface area contributed by atoms with Crippen molar-refractivity contribution in [1.82, 2.24) is 5.32 Å². The van der Waals surface area contributed by atoms with Crippen molar-refractivity contribution >= 4 is 5.97 Å². The van der Waals surface area contributed by atoms with Crippen molar-refractivity contribution in [1.29, 1.82) is 0 Å². The fourth-order valence-corrected chi connectivity index (χ4v) is 0.676. The third-order valence-electron chi connectivity index (χ3n) is 1.52. The summed E-state index contributed by atoms with van der Waals surface area (Å²) in [6.45, 7) is 1.81. The van der Waals surface area contributed by atoms with Crippen LogP contribution >= 0.6 is 0 Å². The van der Waals surface area contributed by atoms with Crippen LogP contribution in [-0.4, -0.2) is 42.8 Å². The highest BCUT2D eigenvalue weighted by Gasteiger charge is 2.40. The smallest absolute Gasteiger partial charge is 0.378 e. The number of hydrogen-bond donors (Lipinski definition) is 2. The average molecular weight is 211 g/mol. The zero-order valence-corrected chi connectivity index (χ0v) is 8.22. The lowest BCUT2D eigenvalue weighted by molar-refractivity contribution is -0.170. The Bertz CT molecular complexity index is 187. The van der Waals surface area contributed by atoms with Gasteiger partial charge in [0, 0.05) is 6.04 Å². The Balaban J connectivity index is 3.99. The Morgan fingerprint density at radius 1 is 1.64 bits per heavy atom. The topological polar surface area (TPSA) is 58.6 Å². The summed E-state index contributed by atoms with van der Waals surface area (Å²) in [4.78, 5) is 10.7. The van der Waals surface area contributed by atoms with Gasteiger partial charge < -0.3 is 15.2 Å². The molecule has 0 rings (SSSR count). The number of nitrogens with one attached hydrogen (secondary N) is 1. The van der Waals surface area contributed by atoms with E-state index in [4.69, 9.17) is 5.11 Å². The van der Waals surface area contributed by atoms with Crippen LogP contribution < -0.4 is 5.32 Å². The van der Waals surface area contributed by atoms with Crippen LogP contribution in [0.5, 0.6) is 0 Å². The lowest BCUT2D eigenvalue weighted by atomic mass is 10.3. The van der Waals surface area contributed by atoms with Gasteiger partial charge in [0.05, 0.1) is 19.8 Å². The van der Waals surface area contributed by atoms with Gasteiger partial charge in [-0.3, -0.25) is 0 Å². The number of rotatable bonds is 6. The molecule has 0 heterocycles. The largest absolute Gasteiger partial charge is 0.462 e. The van der Waals surface area contributed by atoms with E-state index in [2.05, 4.69) is 10.1 Å². The molecule has 0 bridgehead atoms. The third-order valence-corrected chi connectivity index (χ3v) is 1.52. The normalized spacial score (nSPS) is 13.8. The van der Waals surface area contributed by atoms with E-state index < -0.39 is 24.5 Å². The number of aliphatic hydroxyl groups is 1. The Labute approximate surface area is 81.2 Å². The maximum atomic E-state index is 12.9. The van der Waals surface area contributed by atoms with Crippen LogP contribution in [0.4, 0.5) is 8.78 Å². The molecule has 0 saturated heterocycles. The van der Waals surface area contributed by atoms with Crippen molar-refractivity contribution in [2.24, 2.45) is 0 Å². The lowest BCUT2D eigenvalue weighted by Crippen LogP contribution is -2.44. The third kappa shape index (κ3) is 4.48. The molecule has 84 valence electrons. The minimum Gasteiger partial charge on any atom is -0.462 e. The van der Waals surface area contributed by atoms with E-state index in [0.29, 0.717) is 0 Å². The first kappa shape index (κ1) is 13.2. The van der Waals surface area contributed by atoms with E-state index >= 15 is 0 Å². The molecule has 0 aliphatic rings. The molecule has 0 amide bonds. The second-order valence-corrected chi connectivity index (χ2v) is 2.89. The summed E-state index contributed by atoms with van der Waals surface area (Å²) >= 11 is 0.